The molecule has 5 nitrogen and oxygen atoms in total. The third-order valence-corrected chi connectivity index (χ3v) is 7.64. The van der Waals surface area contributed by atoms with Gasteiger partial charge in [-0.15, -0.1) is 0 Å². The molecule has 188 valence electrons. The number of rotatable bonds is 8. The molecule has 2 aliphatic rings. The molecule has 0 spiro atoms. The number of ether oxygens (including phenoxy) is 1. The molecule has 1 N–H and O–H groups in total. The van der Waals surface area contributed by atoms with Gasteiger partial charge in [0.1, 0.15) is 18.5 Å². The Bertz CT molecular complexity index is 1160. The van der Waals surface area contributed by atoms with Crippen molar-refractivity contribution < 1.29 is 14.6 Å². The zero-order valence-corrected chi connectivity index (χ0v) is 21.2. The van der Waals surface area contributed by atoms with Crippen LogP contribution < -0.4 is 9.64 Å². The fraction of sp³-hybridized carbons (Fsp3) is 0.367. The molecule has 1 saturated heterocycles. The lowest BCUT2D eigenvalue weighted by Crippen LogP contribution is -2.40. The molecule has 0 saturated carbocycles. The molecule has 5 rings (SSSR count). The van der Waals surface area contributed by atoms with Crippen LogP contribution >= 0.6 is 11.6 Å². The molecular formula is C30H33ClN2O3. The number of aliphatic hydroxyl groups excluding tert-OH is 1. The number of β-amino-alcohol motifs (C(OH)–C–C–N with tert-alkyl or cyclic N) is 1. The topological polar surface area (TPSA) is 53.0 Å². The molecule has 1 unspecified atom stereocenters. The number of fused-ring (bicyclic) bond motifs is 1. The minimum absolute atomic E-state index is 0.0558. The van der Waals surface area contributed by atoms with Crippen molar-refractivity contribution in [3.8, 4) is 5.75 Å². The van der Waals surface area contributed by atoms with E-state index in [-0.39, 0.29) is 12.5 Å². The van der Waals surface area contributed by atoms with Crippen molar-refractivity contribution >= 4 is 23.2 Å². The van der Waals surface area contributed by atoms with Gasteiger partial charge in [-0.1, -0.05) is 72.3 Å². The van der Waals surface area contributed by atoms with Gasteiger partial charge < -0.3 is 19.6 Å². The first kappa shape index (κ1) is 24.8. The van der Waals surface area contributed by atoms with Gasteiger partial charge in [0.05, 0.1) is 12.2 Å². The SMILES string of the molecule is O=C1CCc2c(Cl)ccc(OCC(O)CN3CCC(c4ccccc4)CC3)c2N1Cc1ccccc1. The Morgan fingerprint density at radius 3 is 2.36 bits per heavy atom. The summed E-state index contributed by atoms with van der Waals surface area (Å²) < 4.78 is 6.14. The Morgan fingerprint density at radius 1 is 0.944 bits per heavy atom. The van der Waals surface area contributed by atoms with Crippen molar-refractivity contribution in [1.82, 2.24) is 4.90 Å². The normalized spacial score (nSPS) is 17.6. The van der Waals surface area contributed by atoms with Gasteiger partial charge in [-0.3, -0.25) is 4.79 Å². The molecule has 1 amide bonds. The minimum atomic E-state index is -0.619. The van der Waals surface area contributed by atoms with Gasteiger partial charge in [0, 0.05) is 18.0 Å². The van der Waals surface area contributed by atoms with E-state index < -0.39 is 6.10 Å². The highest BCUT2D eigenvalue weighted by molar-refractivity contribution is 6.32. The summed E-state index contributed by atoms with van der Waals surface area (Å²) in [5, 5.41) is 11.4. The molecule has 2 aliphatic heterocycles. The summed E-state index contributed by atoms with van der Waals surface area (Å²) >= 11 is 6.53. The van der Waals surface area contributed by atoms with Gasteiger partial charge in [-0.25, -0.2) is 0 Å². The van der Waals surface area contributed by atoms with Gasteiger partial charge in [0.25, 0.3) is 0 Å². The summed E-state index contributed by atoms with van der Waals surface area (Å²) in [6.07, 6.45) is 2.59. The van der Waals surface area contributed by atoms with Crippen LogP contribution in [0, 0.1) is 0 Å². The van der Waals surface area contributed by atoms with E-state index in [9.17, 15) is 9.90 Å². The number of anilines is 1. The first-order valence-electron chi connectivity index (χ1n) is 12.8. The molecule has 6 heteroatoms. The molecule has 1 atom stereocenters. The number of nitrogens with zero attached hydrogens (tertiary/aromatic N) is 2. The average molecular weight is 505 g/mol. The van der Waals surface area contributed by atoms with Crippen LogP contribution in [0.4, 0.5) is 5.69 Å². The highest BCUT2D eigenvalue weighted by atomic mass is 35.5. The number of hydrogen-bond acceptors (Lipinski definition) is 4. The van der Waals surface area contributed by atoms with Crippen LogP contribution in [0.15, 0.2) is 72.8 Å². The molecule has 3 aromatic carbocycles. The van der Waals surface area contributed by atoms with Gasteiger partial charge in [0.2, 0.25) is 5.91 Å². The highest BCUT2D eigenvalue weighted by Gasteiger charge is 2.30. The Morgan fingerprint density at radius 2 is 1.64 bits per heavy atom. The third kappa shape index (κ3) is 5.75. The Balaban J connectivity index is 1.22. The predicted octanol–water partition coefficient (Wildman–Crippen LogP) is 5.44. The number of carbonyl (C=O) groups excluding carboxylic acids is 1. The lowest BCUT2D eigenvalue weighted by molar-refractivity contribution is -0.119. The summed E-state index contributed by atoms with van der Waals surface area (Å²) in [6, 6.07) is 24.3. The van der Waals surface area contributed by atoms with Gasteiger partial charge >= 0.3 is 0 Å². The second-order valence-corrected chi connectivity index (χ2v) is 10.2. The first-order valence-corrected chi connectivity index (χ1v) is 13.2. The van der Waals surface area contributed by atoms with Gasteiger partial charge in [-0.05, 0) is 67.1 Å². The van der Waals surface area contributed by atoms with E-state index in [2.05, 4.69) is 35.2 Å². The summed E-state index contributed by atoms with van der Waals surface area (Å²) in [5.74, 6) is 1.24. The Labute approximate surface area is 218 Å². The van der Waals surface area contributed by atoms with Crippen molar-refractivity contribution in [3.05, 3.63) is 94.5 Å². The summed E-state index contributed by atoms with van der Waals surface area (Å²) in [4.78, 5) is 17.0. The van der Waals surface area contributed by atoms with Crippen LogP contribution in [0.1, 0.15) is 41.9 Å². The zero-order valence-electron chi connectivity index (χ0n) is 20.5. The maximum atomic E-state index is 12.9. The number of likely N-dealkylation sites (tertiary alicyclic amines) is 1. The van der Waals surface area contributed by atoms with Gasteiger partial charge in [-0.2, -0.15) is 0 Å². The number of piperidine rings is 1. The smallest absolute Gasteiger partial charge is 0.227 e. The van der Waals surface area contributed by atoms with Crippen molar-refractivity contribution in [2.24, 2.45) is 0 Å². The number of halogens is 1. The lowest BCUT2D eigenvalue weighted by atomic mass is 9.89. The van der Waals surface area contributed by atoms with Crippen LogP contribution in [0.2, 0.25) is 5.02 Å². The fourth-order valence-electron chi connectivity index (χ4n) is 5.38. The molecule has 2 heterocycles. The van der Waals surface area contributed by atoms with Gasteiger partial charge in [0.15, 0.2) is 0 Å². The van der Waals surface area contributed by atoms with Crippen LogP contribution in [0.5, 0.6) is 5.75 Å². The average Bonchev–Trinajstić information content (AvgIpc) is 2.91. The fourth-order valence-corrected chi connectivity index (χ4v) is 5.62. The summed E-state index contributed by atoms with van der Waals surface area (Å²) in [5.41, 5.74) is 4.12. The second-order valence-electron chi connectivity index (χ2n) is 9.79. The number of hydrogen-bond donors (Lipinski definition) is 1. The van der Waals surface area contributed by atoms with E-state index in [0.717, 1.165) is 42.7 Å². The Hall–Kier alpha value is -2.86. The maximum absolute atomic E-state index is 12.9. The number of carbonyl (C=O) groups is 1. The van der Waals surface area contributed by atoms with Crippen molar-refractivity contribution in [3.63, 3.8) is 0 Å². The van der Waals surface area contributed by atoms with E-state index >= 15 is 0 Å². The molecule has 0 aliphatic carbocycles. The number of amides is 1. The molecule has 3 aromatic rings. The van der Waals surface area contributed by atoms with E-state index in [1.54, 1.807) is 4.90 Å². The van der Waals surface area contributed by atoms with Crippen LogP contribution in [-0.2, 0) is 17.8 Å². The van der Waals surface area contributed by atoms with E-state index in [1.807, 2.05) is 42.5 Å². The van der Waals surface area contributed by atoms with Crippen molar-refractivity contribution in [1.29, 1.82) is 0 Å². The van der Waals surface area contributed by atoms with Crippen molar-refractivity contribution in [2.45, 2.75) is 44.2 Å². The molecule has 1 fully saturated rings. The Kier molecular flexibility index (Phi) is 7.90. The standard InChI is InChI=1S/C30H33ClN2O3/c31-27-12-13-28(30-26(27)11-14-29(35)33(30)19-22-7-3-1-4-8-22)36-21-25(34)20-32-17-15-24(16-18-32)23-9-5-2-6-10-23/h1-10,12-13,24-25,34H,11,14-21H2. The quantitative estimate of drug-likeness (QED) is 0.444. The van der Waals surface area contributed by atoms with E-state index in [0.29, 0.717) is 42.6 Å². The van der Waals surface area contributed by atoms with E-state index in [1.165, 1.54) is 5.56 Å². The first-order chi connectivity index (χ1) is 17.6. The molecule has 0 bridgehead atoms. The number of aliphatic hydroxyl groups is 1. The van der Waals surface area contributed by atoms with Crippen LogP contribution in [-0.4, -0.2) is 48.3 Å². The predicted molar refractivity (Wildman–Crippen MR) is 144 cm³/mol. The van der Waals surface area contributed by atoms with Crippen LogP contribution in [0.3, 0.4) is 0 Å². The lowest BCUT2D eigenvalue weighted by Gasteiger charge is -2.34. The minimum Gasteiger partial charge on any atom is -0.489 e. The summed E-state index contributed by atoms with van der Waals surface area (Å²) in [7, 11) is 0. The third-order valence-electron chi connectivity index (χ3n) is 7.29. The monoisotopic (exact) mass is 504 g/mol. The molecule has 0 radical (unpaired) electrons. The summed E-state index contributed by atoms with van der Waals surface area (Å²) in [6.45, 7) is 3.13. The van der Waals surface area contributed by atoms with Crippen LogP contribution in [0.25, 0.3) is 0 Å². The maximum Gasteiger partial charge on any atom is 0.227 e. The second kappa shape index (κ2) is 11.5. The zero-order chi connectivity index (χ0) is 24.9. The van der Waals surface area contributed by atoms with Crippen molar-refractivity contribution in [2.75, 3.05) is 31.1 Å². The molecule has 36 heavy (non-hydrogen) atoms. The molecular weight excluding hydrogens is 472 g/mol. The molecule has 0 aromatic heterocycles. The van der Waals surface area contributed by atoms with E-state index in [4.69, 9.17) is 16.3 Å². The number of benzene rings is 3. The highest BCUT2D eigenvalue weighted by Crippen LogP contribution is 2.41. The largest absolute Gasteiger partial charge is 0.489 e.